The second-order valence-electron chi connectivity index (χ2n) is 14.1. The maximum absolute atomic E-state index is 13.2. The number of benzene rings is 5. The molecule has 5 aromatic rings. The monoisotopic (exact) mass is 767 g/mol. The van der Waals surface area contributed by atoms with E-state index in [9.17, 15) is 27.0 Å². The van der Waals surface area contributed by atoms with Gasteiger partial charge in [0.05, 0.1) is 39.0 Å². The molecular weight excluding hydrogens is 715 g/mol. The van der Waals surface area contributed by atoms with Crippen molar-refractivity contribution in [1.82, 2.24) is 4.90 Å². The lowest BCUT2D eigenvalue weighted by molar-refractivity contribution is 0.0451. The zero-order valence-electron chi connectivity index (χ0n) is 29.9. The van der Waals surface area contributed by atoms with Crippen molar-refractivity contribution in [2.24, 2.45) is 5.92 Å². The summed E-state index contributed by atoms with van der Waals surface area (Å²) in [5.74, 6) is -0.303. The molecule has 0 amide bonds. The third-order valence-electron chi connectivity index (χ3n) is 10.7. The molecule has 1 saturated heterocycles. The Morgan fingerprint density at radius 1 is 0.519 bits per heavy atom. The first-order chi connectivity index (χ1) is 25.6. The van der Waals surface area contributed by atoms with Crippen LogP contribution in [0.1, 0.15) is 62.6 Å². The summed E-state index contributed by atoms with van der Waals surface area (Å²) >= 11 is 0. The highest BCUT2D eigenvalue weighted by molar-refractivity contribution is 7.91. The maximum atomic E-state index is 13.2. The molecule has 2 fully saturated rings. The Hall–Kier alpha value is -4.12. The average Bonchev–Trinajstić information content (AvgIpc) is 3.92. The van der Waals surface area contributed by atoms with Crippen LogP contribution < -0.4 is 0 Å². The molecule has 0 unspecified atom stereocenters. The van der Waals surface area contributed by atoms with Gasteiger partial charge in [-0.2, -0.15) is 0 Å². The van der Waals surface area contributed by atoms with Crippen molar-refractivity contribution in [3.8, 4) is 0 Å². The number of aliphatic hydroxyl groups is 2. The van der Waals surface area contributed by atoms with Gasteiger partial charge < -0.3 is 10.2 Å². The van der Waals surface area contributed by atoms with Gasteiger partial charge in [-0.15, -0.1) is 0 Å². The summed E-state index contributed by atoms with van der Waals surface area (Å²) in [6, 6.07) is 47.5. The summed E-state index contributed by atoms with van der Waals surface area (Å²) in [7, 11) is -6.98. The Bertz CT molecular complexity index is 1980. The molecule has 54 heavy (non-hydrogen) atoms. The molecule has 1 saturated carbocycles. The summed E-state index contributed by atoms with van der Waals surface area (Å²) in [5, 5.41) is 21.5. The number of sulfone groups is 2. The van der Waals surface area contributed by atoms with Gasteiger partial charge >= 0.3 is 0 Å². The normalized spacial score (nSPS) is 17.9. The van der Waals surface area contributed by atoms with Crippen LogP contribution in [0.25, 0.3) is 0 Å². The van der Waals surface area contributed by atoms with E-state index in [1.807, 2.05) is 54.6 Å². The fourth-order valence-electron chi connectivity index (χ4n) is 8.13. The van der Waals surface area contributed by atoms with Crippen LogP contribution in [0.4, 0.5) is 0 Å². The van der Waals surface area contributed by atoms with E-state index in [4.69, 9.17) is 0 Å². The first kappa shape index (κ1) is 41.1. The van der Waals surface area contributed by atoms with E-state index < -0.39 is 37.4 Å². The van der Waals surface area contributed by atoms with Gasteiger partial charge in [0.2, 0.25) is 0 Å². The SMILES string of the molecule is C.O=S(=O)(C[C@@H](O)C1CCCC1)c1ccccc1.O=S(=O)(C[C@@H](O)[C@@H]1CCCN1C(c1ccccc1)(c1ccccc1)c1ccccc1)c1ccccc1. The molecule has 2 N–H and O–H groups in total. The van der Waals surface area contributed by atoms with Crippen molar-refractivity contribution in [3.05, 3.63) is 168 Å². The highest BCUT2D eigenvalue weighted by Gasteiger charge is 2.49. The van der Waals surface area contributed by atoms with Gasteiger partial charge in [0.25, 0.3) is 0 Å². The maximum Gasteiger partial charge on any atom is 0.180 e. The van der Waals surface area contributed by atoms with E-state index in [1.165, 1.54) is 0 Å². The molecule has 286 valence electrons. The van der Waals surface area contributed by atoms with E-state index >= 15 is 0 Å². The molecule has 0 spiro atoms. The van der Waals surface area contributed by atoms with Crippen molar-refractivity contribution in [1.29, 1.82) is 0 Å². The quantitative estimate of drug-likeness (QED) is 0.124. The van der Waals surface area contributed by atoms with Crippen LogP contribution in [0.2, 0.25) is 0 Å². The van der Waals surface area contributed by atoms with Crippen molar-refractivity contribution in [2.45, 2.75) is 79.5 Å². The van der Waals surface area contributed by atoms with Gasteiger partial charge in [0, 0.05) is 12.6 Å². The molecule has 0 bridgehead atoms. The third-order valence-corrected chi connectivity index (χ3v) is 14.2. The van der Waals surface area contributed by atoms with E-state index in [2.05, 4.69) is 41.3 Å². The Kier molecular flexibility index (Phi) is 14.0. The molecule has 0 aromatic heterocycles. The molecule has 1 aliphatic carbocycles. The topological polar surface area (TPSA) is 112 Å². The highest BCUT2D eigenvalue weighted by atomic mass is 32.2. The zero-order chi connectivity index (χ0) is 37.3. The van der Waals surface area contributed by atoms with Gasteiger partial charge in [-0.3, -0.25) is 4.90 Å². The predicted molar refractivity (Wildman–Crippen MR) is 217 cm³/mol. The molecule has 3 atom stereocenters. The van der Waals surface area contributed by atoms with Crippen molar-refractivity contribution >= 4 is 19.7 Å². The Morgan fingerprint density at radius 3 is 1.26 bits per heavy atom. The second kappa shape index (κ2) is 18.5. The largest absolute Gasteiger partial charge is 0.392 e. The van der Waals surface area contributed by atoms with Crippen LogP contribution in [0, 0.1) is 5.92 Å². The molecule has 7 nitrogen and oxygen atoms in total. The standard InChI is InChI=1S/C31H31NO3S.C13H18O3S.CH4/c33-30(24-36(34,35)28-20-11-4-12-21-28)29-22-13-23-32(29)31(25-14-5-1-6-15-25,26-16-7-2-8-17-26)27-18-9-3-10-19-27;14-13(11-6-4-5-7-11)10-17(15,16)12-8-2-1-3-9-12;/h1-12,14-21,29-30,33H,13,22-24H2;1-3,8-9,11,13-14H,4-7,10H2;1H4/t29-,30+;13-;/m01./s1. The van der Waals surface area contributed by atoms with Gasteiger partial charge in [-0.25, -0.2) is 16.8 Å². The Morgan fingerprint density at radius 2 is 0.870 bits per heavy atom. The first-order valence-electron chi connectivity index (χ1n) is 18.5. The number of nitrogens with zero attached hydrogens (tertiary/aromatic N) is 1. The van der Waals surface area contributed by atoms with E-state index in [0.29, 0.717) is 4.90 Å². The lowest BCUT2D eigenvalue weighted by Crippen LogP contribution is -2.54. The fraction of sp³-hybridized carbons (Fsp3) is 0.333. The minimum absolute atomic E-state index is 0. The van der Waals surface area contributed by atoms with Crippen LogP contribution in [0.3, 0.4) is 0 Å². The minimum atomic E-state index is -3.64. The lowest BCUT2D eigenvalue weighted by atomic mass is 9.75. The second-order valence-corrected chi connectivity index (χ2v) is 18.1. The molecule has 1 heterocycles. The number of hydrogen-bond acceptors (Lipinski definition) is 7. The van der Waals surface area contributed by atoms with E-state index in [1.54, 1.807) is 60.7 Å². The number of likely N-dealkylation sites (tertiary alicyclic amines) is 1. The number of rotatable bonds is 12. The first-order valence-corrected chi connectivity index (χ1v) is 21.8. The molecule has 7 rings (SSSR count). The van der Waals surface area contributed by atoms with Gasteiger partial charge in [0.1, 0.15) is 0 Å². The Balaban J connectivity index is 0.000000262. The molecule has 9 heteroatoms. The Labute approximate surface area is 322 Å². The third kappa shape index (κ3) is 9.21. The lowest BCUT2D eigenvalue weighted by Gasteiger charge is -2.47. The van der Waals surface area contributed by atoms with Gasteiger partial charge in [-0.05, 0) is 72.6 Å². The summed E-state index contributed by atoms with van der Waals surface area (Å²) < 4.78 is 50.5. The van der Waals surface area contributed by atoms with Crippen LogP contribution in [-0.2, 0) is 25.2 Å². The van der Waals surface area contributed by atoms with Gasteiger partial charge in [0.15, 0.2) is 19.7 Å². The van der Waals surface area contributed by atoms with E-state index in [-0.39, 0.29) is 35.8 Å². The van der Waals surface area contributed by atoms with Crippen molar-refractivity contribution in [2.75, 3.05) is 18.1 Å². The summed E-state index contributed by atoms with van der Waals surface area (Å²) in [6.45, 7) is 0.742. The van der Waals surface area contributed by atoms with E-state index in [0.717, 1.165) is 61.8 Å². The molecule has 1 aliphatic heterocycles. The van der Waals surface area contributed by atoms with Crippen LogP contribution in [-0.4, -0.2) is 68.2 Å². The summed E-state index contributed by atoms with van der Waals surface area (Å²) in [5.41, 5.74) is 2.59. The zero-order valence-corrected chi connectivity index (χ0v) is 31.5. The fourth-order valence-corrected chi connectivity index (χ4v) is 11.1. The molecular formula is C45H53NO6S2. The number of hydrogen-bond donors (Lipinski definition) is 2. The highest BCUT2D eigenvalue weighted by Crippen LogP contribution is 2.46. The van der Waals surface area contributed by atoms with Crippen LogP contribution in [0.15, 0.2) is 161 Å². The molecule has 0 radical (unpaired) electrons. The molecule has 2 aliphatic rings. The summed E-state index contributed by atoms with van der Waals surface area (Å²) in [6.07, 6.45) is 3.95. The van der Waals surface area contributed by atoms with Crippen LogP contribution in [0.5, 0.6) is 0 Å². The smallest absolute Gasteiger partial charge is 0.180 e. The molecule has 5 aromatic carbocycles. The van der Waals surface area contributed by atoms with Crippen LogP contribution >= 0.6 is 0 Å². The predicted octanol–water partition coefficient (Wildman–Crippen LogP) is 7.93. The average molecular weight is 768 g/mol. The minimum Gasteiger partial charge on any atom is -0.392 e. The number of aliphatic hydroxyl groups excluding tert-OH is 2. The summed E-state index contributed by atoms with van der Waals surface area (Å²) in [4.78, 5) is 2.88. The van der Waals surface area contributed by atoms with Gasteiger partial charge in [-0.1, -0.05) is 148 Å². The van der Waals surface area contributed by atoms with Crippen molar-refractivity contribution < 1.29 is 27.0 Å². The van der Waals surface area contributed by atoms with Crippen molar-refractivity contribution in [3.63, 3.8) is 0 Å².